The number of benzene rings is 1. The van der Waals surface area contributed by atoms with Crippen LogP contribution in [0.1, 0.15) is 19.4 Å². The van der Waals surface area contributed by atoms with Crippen molar-refractivity contribution >= 4 is 0 Å². The molecule has 1 heterocycles. The summed E-state index contributed by atoms with van der Waals surface area (Å²) in [6.45, 7) is 7.91. The fraction of sp³-hybridized carbons (Fsp3) is 0.562. The molecule has 20 heavy (non-hydrogen) atoms. The first-order chi connectivity index (χ1) is 9.37. The molecule has 1 fully saturated rings. The third kappa shape index (κ3) is 3.01. The largest absolute Gasteiger partial charge is 0.309 e. The number of nitrogens with zero attached hydrogens (tertiary/aromatic N) is 3. The molecule has 0 saturated carbocycles. The summed E-state index contributed by atoms with van der Waals surface area (Å²) in [6, 6.07) is 12.0. The molecule has 1 unspecified atom stereocenters. The molecule has 0 bridgehead atoms. The van der Waals surface area contributed by atoms with Gasteiger partial charge in [0.2, 0.25) is 0 Å². The first kappa shape index (κ1) is 15.0. The maximum absolute atomic E-state index is 9.54. The van der Waals surface area contributed by atoms with Gasteiger partial charge in [-0.15, -0.1) is 0 Å². The van der Waals surface area contributed by atoms with Crippen molar-refractivity contribution in [2.75, 3.05) is 33.2 Å². The van der Waals surface area contributed by atoms with Gasteiger partial charge in [-0.25, -0.2) is 0 Å². The minimum Gasteiger partial charge on any atom is -0.309 e. The van der Waals surface area contributed by atoms with Gasteiger partial charge in [-0.05, 0) is 26.5 Å². The summed E-state index contributed by atoms with van der Waals surface area (Å²) in [5, 5.41) is 9.54. The normalized spacial score (nSPS) is 22.9. The van der Waals surface area contributed by atoms with Crippen LogP contribution in [0.25, 0.3) is 0 Å². The Morgan fingerprint density at radius 2 is 1.95 bits per heavy atom. The van der Waals surface area contributed by atoms with E-state index < -0.39 is 5.54 Å². The first-order valence-corrected chi connectivity index (χ1v) is 7.07. The van der Waals surface area contributed by atoms with E-state index >= 15 is 0 Å². The molecule has 4 heteroatoms. The average molecular weight is 272 g/mol. The fourth-order valence-corrected chi connectivity index (χ4v) is 2.76. The molecule has 1 atom stereocenters. The number of hydrogen-bond donors (Lipinski definition) is 1. The van der Waals surface area contributed by atoms with Crippen LogP contribution < -0.4 is 5.73 Å². The predicted molar refractivity (Wildman–Crippen MR) is 81.1 cm³/mol. The Balaban J connectivity index is 2.14. The van der Waals surface area contributed by atoms with Crippen molar-refractivity contribution in [3.63, 3.8) is 0 Å². The summed E-state index contributed by atoms with van der Waals surface area (Å²) in [6.07, 6.45) is 0. The number of likely N-dealkylation sites (N-methyl/N-ethyl adjacent to an activating group) is 1. The third-order valence-electron chi connectivity index (χ3n) is 4.36. The van der Waals surface area contributed by atoms with E-state index in [2.05, 4.69) is 36.8 Å². The van der Waals surface area contributed by atoms with Crippen molar-refractivity contribution < 1.29 is 0 Å². The van der Waals surface area contributed by atoms with Gasteiger partial charge in [0.25, 0.3) is 0 Å². The number of nitrogens with two attached hydrogens (primary N) is 1. The standard InChI is InChI=1S/C16H24N4/c1-15(2)12-20(10-9-19(15)3)13-16(18,11-17)14-7-5-4-6-8-14/h4-8H,9-10,12-13,18H2,1-3H3. The monoisotopic (exact) mass is 272 g/mol. The summed E-state index contributed by atoms with van der Waals surface area (Å²) in [5.41, 5.74) is 6.42. The van der Waals surface area contributed by atoms with Gasteiger partial charge >= 0.3 is 0 Å². The van der Waals surface area contributed by atoms with Crippen LogP contribution in [0.3, 0.4) is 0 Å². The summed E-state index contributed by atoms with van der Waals surface area (Å²) in [4.78, 5) is 4.66. The van der Waals surface area contributed by atoms with E-state index in [1.807, 2.05) is 30.3 Å². The molecule has 0 radical (unpaired) electrons. The Kier molecular flexibility index (Phi) is 4.14. The van der Waals surface area contributed by atoms with E-state index in [9.17, 15) is 5.26 Å². The number of nitriles is 1. The van der Waals surface area contributed by atoms with Crippen LogP contribution in [-0.4, -0.2) is 48.6 Å². The molecule has 1 aliphatic heterocycles. The highest BCUT2D eigenvalue weighted by atomic mass is 15.3. The quantitative estimate of drug-likeness (QED) is 0.903. The number of piperazine rings is 1. The topological polar surface area (TPSA) is 56.3 Å². The zero-order valence-electron chi connectivity index (χ0n) is 12.6. The van der Waals surface area contributed by atoms with Crippen molar-refractivity contribution in [3.05, 3.63) is 35.9 Å². The van der Waals surface area contributed by atoms with Crippen molar-refractivity contribution in [1.29, 1.82) is 5.26 Å². The van der Waals surface area contributed by atoms with E-state index in [0.717, 1.165) is 25.2 Å². The summed E-state index contributed by atoms with van der Waals surface area (Å²) < 4.78 is 0. The van der Waals surface area contributed by atoms with E-state index in [-0.39, 0.29) is 5.54 Å². The molecule has 0 spiro atoms. The van der Waals surface area contributed by atoms with Gasteiger partial charge < -0.3 is 5.73 Å². The fourth-order valence-electron chi connectivity index (χ4n) is 2.76. The summed E-state index contributed by atoms with van der Waals surface area (Å²) in [7, 11) is 2.15. The average Bonchev–Trinajstić information content (AvgIpc) is 2.43. The minimum atomic E-state index is -0.937. The van der Waals surface area contributed by atoms with Crippen LogP contribution in [0.15, 0.2) is 30.3 Å². The molecule has 0 aromatic heterocycles. The van der Waals surface area contributed by atoms with Gasteiger partial charge in [-0.3, -0.25) is 9.80 Å². The summed E-state index contributed by atoms with van der Waals surface area (Å²) in [5.74, 6) is 0. The lowest BCUT2D eigenvalue weighted by Crippen LogP contribution is -2.60. The van der Waals surface area contributed by atoms with Crippen LogP contribution in [0.2, 0.25) is 0 Å². The third-order valence-corrected chi connectivity index (χ3v) is 4.36. The Morgan fingerprint density at radius 3 is 2.50 bits per heavy atom. The molecule has 0 aliphatic carbocycles. The van der Waals surface area contributed by atoms with Crippen molar-refractivity contribution in [1.82, 2.24) is 9.80 Å². The molecule has 1 aromatic rings. The van der Waals surface area contributed by atoms with E-state index in [1.54, 1.807) is 0 Å². The van der Waals surface area contributed by atoms with E-state index in [0.29, 0.717) is 6.54 Å². The number of hydrogen-bond acceptors (Lipinski definition) is 4. The molecular weight excluding hydrogens is 248 g/mol. The molecular formula is C16H24N4. The highest BCUT2D eigenvalue weighted by Crippen LogP contribution is 2.24. The zero-order valence-corrected chi connectivity index (χ0v) is 12.6. The summed E-state index contributed by atoms with van der Waals surface area (Å²) >= 11 is 0. The highest BCUT2D eigenvalue weighted by molar-refractivity contribution is 5.31. The number of rotatable bonds is 3. The van der Waals surface area contributed by atoms with E-state index in [4.69, 9.17) is 5.73 Å². The molecule has 1 aliphatic rings. The van der Waals surface area contributed by atoms with Gasteiger partial charge in [-0.1, -0.05) is 30.3 Å². The van der Waals surface area contributed by atoms with Gasteiger partial charge in [0.15, 0.2) is 0 Å². The maximum atomic E-state index is 9.54. The van der Waals surface area contributed by atoms with Crippen LogP contribution in [-0.2, 0) is 5.54 Å². The molecule has 1 aromatic carbocycles. The van der Waals surface area contributed by atoms with Gasteiger partial charge in [0.05, 0.1) is 6.07 Å². The predicted octanol–water partition coefficient (Wildman–Crippen LogP) is 1.39. The lowest BCUT2D eigenvalue weighted by Gasteiger charge is -2.46. The van der Waals surface area contributed by atoms with Crippen LogP contribution in [0.5, 0.6) is 0 Å². The zero-order chi connectivity index (χ0) is 14.8. The van der Waals surface area contributed by atoms with Gasteiger partial charge in [0.1, 0.15) is 5.54 Å². The van der Waals surface area contributed by atoms with Crippen LogP contribution in [0.4, 0.5) is 0 Å². The van der Waals surface area contributed by atoms with Crippen LogP contribution in [0, 0.1) is 11.3 Å². The minimum absolute atomic E-state index is 0.116. The molecule has 1 saturated heterocycles. The van der Waals surface area contributed by atoms with Crippen molar-refractivity contribution in [2.45, 2.75) is 24.9 Å². The first-order valence-electron chi connectivity index (χ1n) is 7.07. The molecule has 0 amide bonds. The molecule has 4 nitrogen and oxygen atoms in total. The second kappa shape index (κ2) is 5.53. The maximum Gasteiger partial charge on any atom is 0.142 e. The Bertz CT molecular complexity index is 491. The van der Waals surface area contributed by atoms with Crippen molar-refractivity contribution in [3.8, 4) is 6.07 Å². The Morgan fingerprint density at radius 1 is 1.30 bits per heavy atom. The van der Waals surface area contributed by atoms with Crippen LogP contribution >= 0.6 is 0 Å². The van der Waals surface area contributed by atoms with Gasteiger partial charge in [0, 0.05) is 31.7 Å². The van der Waals surface area contributed by atoms with Crippen molar-refractivity contribution in [2.24, 2.45) is 5.73 Å². The Labute approximate surface area is 121 Å². The second-order valence-electron chi connectivity index (χ2n) is 6.39. The SMILES string of the molecule is CN1CCN(CC(N)(C#N)c2ccccc2)CC1(C)C. The lowest BCUT2D eigenvalue weighted by molar-refractivity contribution is 0.0327. The molecule has 2 rings (SSSR count). The Hall–Kier alpha value is -1.41. The molecule has 2 N–H and O–H groups in total. The second-order valence-corrected chi connectivity index (χ2v) is 6.39. The smallest absolute Gasteiger partial charge is 0.142 e. The van der Waals surface area contributed by atoms with Gasteiger partial charge in [-0.2, -0.15) is 5.26 Å². The molecule has 108 valence electrons. The van der Waals surface area contributed by atoms with E-state index in [1.165, 1.54) is 0 Å². The lowest BCUT2D eigenvalue weighted by atomic mass is 9.90. The highest BCUT2D eigenvalue weighted by Gasteiger charge is 2.36.